The Hall–Kier alpha value is -1.58. The van der Waals surface area contributed by atoms with Crippen LogP contribution in [0, 0.1) is 0 Å². The number of nitrogens with one attached hydrogen (secondary N) is 1. The van der Waals surface area contributed by atoms with Gasteiger partial charge in [0.05, 0.1) is 24.4 Å². The van der Waals surface area contributed by atoms with Gasteiger partial charge in [0.1, 0.15) is 11.9 Å². The Balaban J connectivity index is 1.87. The van der Waals surface area contributed by atoms with Gasteiger partial charge in [0.25, 0.3) is 0 Å². The summed E-state index contributed by atoms with van der Waals surface area (Å²) in [6.45, 7) is 0.663. The van der Waals surface area contributed by atoms with E-state index in [0.717, 1.165) is 17.0 Å². The van der Waals surface area contributed by atoms with Crippen molar-refractivity contribution in [2.45, 2.75) is 6.10 Å². The third-order valence-electron chi connectivity index (χ3n) is 3.23. The summed E-state index contributed by atoms with van der Waals surface area (Å²) in [4.78, 5) is 0. The number of anilines is 1. The van der Waals surface area contributed by atoms with Gasteiger partial charge in [0.2, 0.25) is 0 Å². The van der Waals surface area contributed by atoms with Crippen molar-refractivity contribution < 1.29 is 9.47 Å². The van der Waals surface area contributed by atoms with Crippen molar-refractivity contribution in [3.8, 4) is 11.5 Å². The van der Waals surface area contributed by atoms with Crippen molar-refractivity contribution in [3.63, 3.8) is 0 Å². The van der Waals surface area contributed by atoms with E-state index in [0.29, 0.717) is 22.3 Å². The lowest BCUT2D eigenvalue weighted by molar-refractivity contribution is 0.210. The van der Waals surface area contributed by atoms with Crippen molar-refractivity contribution in [1.29, 1.82) is 0 Å². The highest BCUT2D eigenvalue weighted by Crippen LogP contribution is 2.41. The molecule has 3 nitrogen and oxygen atoms in total. The van der Waals surface area contributed by atoms with Gasteiger partial charge in [-0.3, -0.25) is 0 Å². The number of benzene rings is 2. The molecule has 0 radical (unpaired) electrons. The first-order valence-electron chi connectivity index (χ1n) is 6.21. The molecule has 0 bridgehead atoms. The second-order valence-electron chi connectivity index (χ2n) is 4.52. The topological polar surface area (TPSA) is 30.5 Å². The molecule has 2 aromatic carbocycles. The zero-order chi connectivity index (χ0) is 14.1. The molecule has 0 saturated heterocycles. The van der Waals surface area contributed by atoms with Crippen molar-refractivity contribution in [1.82, 2.24) is 0 Å². The monoisotopic (exact) mass is 309 g/mol. The minimum Gasteiger partial charge on any atom is -0.497 e. The third kappa shape index (κ3) is 2.51. The number of ether oxygens (including phenoxy) is 2. The lowest BCUT2D eigenvalue weighted by Gasteiger charge is -2.28. The smallest absolute Gasteiger partial charge is 0.162 e. The highest BCUT2D eigenvalue weighted by Gasteiger charge is 2.23. The summed E-state index contributed by atoms with van der Waals surface area (Å²) in [6.07, 6.45) is -0.0907. The lowest BCUT2D eigenvalue weighted by atomic mass is 10.1. The van der Waals surface area contributed by atoms with Crippen LogP contribution in [0.25, 0.3) is 0 Å². The van der Waals surface area contributed by atoms with Crippen LogP contribution in [-0.2, 0) is 0 Å². The Kier molecular flexibility index (Phi) is 3.64. The Bertz CT molecular complexity index is 629. The molecule has 0 amide bonds. The van der Waals surface area contributed by atoms with Crippen molar-refractivity contribution in [2.24, 2.45) is 0 Å². The highest BCUT2D eigenvalue weighted by molar-refractivity contribution is 6.36. The van der Waals surface area contributed by atoms with Crippen LogP contribution in [0.4, 0.5) is 5.69 Å². The standard InChI is InChI=1S/C15H13Cl2NO2/c1-19-11-4-2-9(3-5-11)14-8-18-13-7-10(16)6-12(17)15(13)20-14/h2-7,14,18H,8H2,1H3. The molecule has 2 aromatic rings. The van der Waals surface area contributed by atoms with E-state index in [2.05, 4.69) is 5.32 Å². The molecular formula is C15H13Cl2NO2. The summed E-state index contributed by atoms with van der Waals surface area (Å²) in [6, 6.07) is 11.3. The van der Waals surface area contributed by atoms with Gasteiger partial charge in [-0.05, 0) is 29.8 Å². The molecule has 0 aliphatic carbocycles. The minimum atomic E-state index is -0.0907. The molecule has 1 aliphatic rings. The second-order valence-corrected chi connectivity index (χ2v) is 5.37. The summed E-state index contributed by atoms with van der Waals surface area (Å²) < 4.78 is 11.1. The van der Waals surface area contributed by atoms with Gasteiger partial charge in [0, 0.05) is 5.02 Å². The van der Waals surface area contributed by atoms with E-state index >= 15 is 0 Å². The predicted molar refractivity (Wildman–Crippen MR) is 81.3 cm³/mol. The van der Waals surface area contributed by atoms with Gasteiger partial charge in [0.15, 0.2) is 5.75 Å². The van der Waals surface area contributed by atoms with E-state index < -0.39 is 0 Å². The van der Waals surface area contributed by atoms with E-state index in [-0.39, 0.29) is 6.10 Å². The van der Waals surface area contributed by atoms with Crippen LogP contribution < -0.4 is 14.8 Å². The largest absolute Gasteiger partial charge is 0.497 e. The summed E-state index contributed by atoms with van der Waals surface area (Å²) in [7, 11) is 1.65. The molecule has 1 heterocycles. The summed E-state index contributed by atoms with van der Waals surface area (Å²) in [5, 5.41) is 4.40. The normalized spacial score (nSPS) is 16.9. The molecule has 0 spiro atoms. The fourth-order valence-electron chi connectivity index (χ4n) is 2.20. The Morgan fingerprint density at radius 3 is 2.65 bits per heavy atom. The van der Waals surface area contributed by atoms with Crippen LogP contribution in [0.2, 0.25) is 10.0 Å². The average molecular weight is 310 g/mol. The minimum absolute atomic E-state index is 0.0907. The first-order chi connectivity index (χ1) is 9.67. The summed E-state index contributed by atoms with van der Waals surface area (Å²) in [5.41, 5.74) is 1.89. The first kappa shape index (κ1) is 13.4. The van der Waals surface area contributed by atoms with Gasteiger partial charge in [-0.15, -0.1) is 0 Å². The molecular weight excluding hydrogens is 297 g/mol. The fourth-order valence-corrected chi connectivity index (χ4v) is 2.74. The van der Waals surface area contributed by atoms with Crippen LogP contribution in [0.1, 0.15) is 11.7 Å². The second kappa shape index (κ2) is 5.43. The molecule has 3 rings (SSSR count). The number of rotatable bonds is 2. The van der Waals surface area contributed by atoms with Gasteiger partial charge in [-0.2, -0.15) is 0 Å². The summed E-state index contributed by atoms with van der Waals surface area (Å²) >= 11 is 12.2. The predicted octanol–water partition coefficient (Wildman–Crippen LogP) is 4.55. The van der Waals surface area contributed by atoms with Gasteiger partial charge in [-0.25, -0.2) is 0 Å². The number of hydrogen-bond acceptors (Lipinski definition) is 3. The van der Waals surface area contributed by atoms with Gasteiger partial charge in [-0.1, -0.05) is 35.3 Å². The van der Waals surface area contributed by atoms with E-state index in [9.17, 15) is 0 Å². The maximum atomic E-state index is 6.18. The quantitative estimate of drug-likeness (QED) is 0.883. The molecule has 1 unspecified atom stereocenters. The molecule has 0 fully saturated rings. The zero-order valence-electron chi connectivity index (χ0n) is 10.8. The molecule has 20 heavy (non-hydrogen) atoms. The van der Waals surface area contributed by atoms with E-state index in [1.807, 2.05) is 30.3 Å². The van der Waals surface area contributed by atoms with Crippen molar-refractivity contribution in [2.75, 3.05) is 19.0 Å². The molecule has 1 aliphatic heterocycles. The summed E-state index contributed by atoms with van der Waals surface area (Å²) in [5.74, 6) is 1.46. The Labute approximate surface area is 127 Å². The molecule has 1 atom stereocenters. The number of fused-ring (bicyclic) bond motifs is 1. The van der Waals surface area contributed by atoms with E-state index in [4.69, 9.17) is 32.7 Å². The maximum absolute atomic E-state index is 6.18. The fraction of sp³-hybridized carbons (Fsp3) is 0.200. The Morgan fingerprint density at radius 2 is 1.95 bits per heavy atom. The highest BCUT2D eigenvalue weighted by atomic mass is 35.5. The van der Waals surface area contributed by atoms with Crippen LogP contribution in [0.15, 0.2) is 36.4 Å². The molecule has 104 valence electrons. The molecule has 5 heteroatoms. The molecule has 0 saturated carbocycles. The Morgan fingerprint density at radius 1 is 1.20 bits per heavy atom. The number of hydrogen-bond donors (Lipinski definition) is 1. The van der Waals surface area contributed by atoms with Crippen molar-refractivity contribution in [3.05, 3.63) is 52.0 Å². The zero-order valence-corrected chi connectivity index (χ0v) is 12.3. The third-order valence-corrected chi connectivity index (χ3v) is 3.73. The van der Waals surface area contributed by atoms with E-state index in [1.165, 1.54) is 0 Å². The van der Waals surface area contributed by atoms with Crippen LogP contribution >= 0.6 is 23.2 Å². The number of methoxy groups -OCH3 is 1. The van der Waals surface area contributed by atoms with Gasteiger partial charge < -0.3 is 14.8 Å². The van der Waals surface area contributed by atoms with Crippen LogP contribution in [0.3, 0.4) is 0 Å². The van der Waals surface area contributed by atoms with Crippen LogP contribution in [0.5, 0.6) is 11.5 Å². The molecule has 0 aromatic heterocycles. The lowest BCUT2D eigenvalue weighted by Crippen LogP contribution is -2.23. The average Bonchev–Trinajstić information content (AvgIpc) is 2.47. The van der Waals surface area contributed by atoms with E-state index in [1.54, 1.807) is 13.2 Å². The van der Waals surface area contributed by atoms with Gasteiger partial charge >= 0.3 is 0 Å². The van der Waals surface area contributed by atoms with Crippen molar-refractivity contribution >= 4 is 28.9 Å². The first-order valence-corrected chi connectivity index (χ1v) is 6.96. The number of halogens is 2. The maximum Gasteiger partial charge on any atom is 0.162 e. The van der Waals surface area contributed by atoms with Crippen LogP contribution in [-0.4, -0.2) is 13.7 Å². The molecule has 1 N–H and O–H groups in total. The SMILES string of the molecule is COc1ccc(C2CNc3cc(Cl)cc(Cl)c3O2)cc1.